The minimum absolute atomic E-state index is 0.361. The van der Waals surface area contributed by atoms with Crippen molar-refractivity contribution in [3.63, 3.8) is 0 Å². The number of rotatable bonds is 8. The third kappa shape index (κ3) is 4.93. The van der Waals surface area contributed by atoms with E-state index >= 15 is 0 Å². The first-order valence-corrected chi connectivity index (χ1v) is 5.88. The van der Waals surface area contributed by atoms with Crippen LogP contribution in [0.3, 0.4) is 0 Å². The van der Waals surface area contributed by atoms with Gasteiger partial charge in [0.1, 0.15) is 0 Å². The molecule has 1 aromatic heterocycles. The molecule has 0 bridgehead atoms. The van der Waals surface area contributed by atoms with Crippen LogP contribution in [-0.4, -0.2) is 10.1 Å². The normalized spacial score (nSPS) is 10.8. The highest BCUT2D eigenvalue weighted by atomic mass is 16.5. The summed E-state index contributed by atoms with van der Waals surface area (Å²) in [6.45, 7) is 2.59. The first-order chi connectivity index (χ1) is 7.36. The molecule has 1 aromatic rings. The van der Waals surface area contributed by atoms with Crippen LogP contribution in [0.1, 0.15) is 57.2 Å². The van der Waals surface area contributed by atoms with Gasteiger partial charge in [0.25, 0.3) is 0 Å². The van der Waals surface area contributed by atoms with Crippen molar-refractivity contribution >= 4 is 0 Å². The molecule has 2 N–H and O–H groups in total. The molecule has 0 aliphatic carbocycles. The van der Waals surface area contributed by atoms with E-state index in [0.717, 1.165) is 18.7 Å². The average molecular weight is 211 g/mol. The van der Waals surface area contributed by atoms with E-state index in [1.807, 2.05) is 0 Å². The van der Waals surface area contributed by atoms with Crippen LogP contribution in [0.2, 0.25) is 0 Å². The Labute approximate surface area is 91.2 Å². The lowest BCUT2D eigenvalue weighted by Crippen LogP contribution is -1.98. The van der Waals surface area contributed by atoms with Gasteiger partial charge in [0.15, 0.2) is 5.82 Å². The molecular weight excluding hydrogens is 190 g/mol. The Hall–Kier alpha value is -0.900. The highest BCUT2D eigenvalue weighted by molar-refractivity contribution is 4.84. The van der Waals surface area contributed by atoms with Crippen LogP contribution < -0.4 is 5.73 Å². The van der Waals surface area contributed by atoms with Crippen molar-refractivity contribution < 1.29 is 4.52 Å². The molecule has 0 amide bonds. The van der Waals surface area contributed by atoms with Gasteiger partial charge >= 0.3 is 0 Å². The molecule has 15 heavy (non-hydrogen) atoms. The van der Waals surface area contributed by atoms with Gasteiger partial charge in [0.05, 0.1) is 6.54 Å². The van der Waals surface area contributed by atoms with Crippen molar-refractivity contribution in [1.29, 1.82) is 0 Å². The van der Waals surface area contributed by atoms with E-state index in [2.05, 4.69) is 17.1 Å². The zero-order valence-electron chi connectivity index (χ0n) is 9.54. The molecule has 4 nitrogen and oxygen atoms in total. The number of hydrogen-bond acceptors (Lipinski definition) is 4. The number of nitrogens with zero attached hydrogens (tertiary/aromatic N) is 2. The van der Waals surface area contributed by atoms with Gasteiger partial charge in [-0.3, -0.25) is 0 Å². The van der Waals surface area contributed by atoms with Crippen LogP contribution in [0.5, 0.6) is 0 Å². The monoisotopic (exact) mass is 211 g/mol. The van der Waals surface area contributed by atoms with Crippen molar-refractivity contribution in [2.75, 3.05) is 0 Å². The summed E-state index contributed by atoms with van der Waals surface area (Å²) >= 11 is 0. The van der Waals surface area contributed by atoms with Crippen LogP contribution in [0.15, 0.2) is 4.52 Å². The minimum atomic E-state index is 0.361. The zero-order chi connectivity index (χ0) is 10.9. The van der Waals surface area contributed by atoms with Crippen LogP contribution in [0, 0.1) is 0 Å². The highest BCUT2D eigenvalue weighted by Gasteiger charge is 2.03. The fourth-order valence-corrected chi connectivity index (χ4v) is 1.53. The van der Waals surface area contributed by atoms with Gasteiger partial charge in [0, 0.05) is 6.42 Å². The van der Waals surface area contributed by atoms with Crippen molar-refractivity contribution in [3.05, 3.63) is 11.7 Å². The van der Waals surface area contributed by atoms with Gasteiger partial charge in [-0.25, -0.2) is 0 Å². The molecule has 4 heteroatoms. The third-order valence-corrected chi connectivity index (χ3v) is 2.44. The summed E-state index contributed by atoms with van der Waals surface area (Å²) in [5.41, 5.74) is 5.39. The maximum Gasteiger partial charge on any atom is 0.226 e. The Morgan fingerprint density at radius 3 is 2.53 bits per heavy atom. The maximum atomic E-state index is 5.39. The van der Waals surface area contributed by atoms with Gasteiger partial charge in [-0.15, -0.1) is 0 Å². The molecule has 0 saturated heterocycles. The van der Waals surface area contributed by atoms with Gasteiger partial charge in [0.2, 0.25) is 5.89 Å². The standard InChI is InChI=1S/C11H21N3O/c1-2-3-4-5-6-7-8-11-13-10(9-12)14-15-11/h2-9,12H2,1H3. The van der Waals surface area contributed by atoms with E-state index < -0.39 is 0 Å². The third-order valence-electron chi connectivity index (χ3n) is 2.44. The molecule has 1 heterocycles. The Morgan fingerprint density at radius 2 is 1.87 bits per heavy atom. The predicted molar refractivity (Wildman–Crippen MR) is 59.3 cm³/mol. The van der Waals surface area contributed by atoms with Gasteiger partial charge < -0.3 is 10.3 Å². The molecule has 0 spiro atoms. The predicted octanol–water partition coefficient (Wildman–Crippen LogP) is 2.43. The summed E-state index contributed by atoms with van der Waals surface area (Å²) in [7, 11) is 0. The number of aryl methyl sites for hydroxylation is 1. The van der Waals surface area contributed by atoms with Crippen LogP contribution in [0.4, 0.5) is 0 Å². The molecule has 0 aromatic carbocycles. The second-order valence-corrected chi connectivity index (χ2v) is 3.83. The van der Waals surface area contributed by atoms with E-state index in [-0.39, 0.29) is 0 Å². The first-order valence-electron chi connectivity index (χ1n) is 5.88. The van der Waals surface area contributed by atoms with E-state index in [9.17, 15) is 0 Å². The molecule has 0 fully saturated rings. The number of nitrogens with two attached hydrogens (primary N) is 1. The summed E-state index contributed by atoms with van der Waals surface area (Å²) in [4.78, 5) is 4.16. The number of hydrogen-bond donors (Lipinski definition) is 1. The largest absolute Gasteiger partial charge is 0.339 e. The lowest BCUT2D eigenvalue weighted by atomic mass is 10.1. The Balaban J connectivity index is 2.04. The van der Waals surface area contributed by atoms with Gasteiger partial charge in [-0.05, 0) is 6.42 Å². The molecule has 0 atom stereocenters. The van der Waals surface area contributed by atoms with E-state index in [4.69, 9.17) is 10.3 Å². The molecule has 0 unspecified atom stereocenters. The molecule has 0 saturated carbocycles. The molecule has 0 radical (unpaired) electrons. The zero-order valence-corrected chi connectivity index (χ0v) is 9.54. The van der Waals surface area contributed by atoms with Crippen LogP contribution in [-0.2, 0) is 13.0 Å². The summed E-state index contributed by atoms with van der Waals surface area (Å²) in [5, 5.41) is 3.75. The van der Waals surface area contributed by atoms with Crippen molar-refractivity contribution in [3.8, 4) is 0 Å². The molecule has 0 aliphatic heterocycles. The molecular formula is C11H21N3O. The SMILES string of the molecule is CCCCCCCCc1nc(CN)no1. The summed E-state index contributed by atoms with van der Waals surface area (Å²) < 4.78 is 5.04. The smallest absolute Gasteiger partial charge is 0.226 e. The fourth-order valence-electron chi connectivity index (χ4n) is 1.53. The second kappa shape index (κ2) is 7.40. The van der Waals surface area contributed by atoms with E-state index in [0.29, 0.717) is 12.4 Å². The van der Waals surface area contributed by atoms with Crippen LogP contribution >= 0.6 is 0 Å². The van der Waals surface area contributed by atoms with E-state index in [1.54, 1.807) is 0 Å². The van der Waals surface area contributed by atoms with Crippen LogP contribution in [0.25, 0.3) is 0 Å². The topological polar surface area (TPSA) is 64.9 Å². The van der Waals surface area contributed by atoms with E-state index in [1.165, 1.54) is 32.1 Å². The fraction of sp³-hybridized carbons (Fsp3) is 0.818. The average Bonchev–Trinajstić information content (AvgIpc) is 2.71. The van der Waals surface area contributed by atoms with Crippen molar-refractivity contribution in [1.82, 2.24) is 10.1 Å². The van der Waals surface area contributed by atoms with Crippen molar-refractivity contribution in [2.24, 2.45) is 5.73 Å². The lowest BCUT2D eigenvalue weighted by Gasteiger charge is -1.97. The lowest BCUT2D eigenvalue weighted by molar-refractivity contribution is 0.368. The molecule has 86 valence electrons. The van der Waals surface area contributed by atoms with Gasteiger partial charge in [-0.2, -0.15) is 4.98 Å². The maximum absolute atomic E-state index is 5.39. The quantitative estimate of drug-likeness (QED) is 0.671. The number of unbranched alkanes of at least 4 members (excludes halogenated alkanes) is 5. The molecule has 0 aliphatic rings. The summed E-state index contributed by atoms with van der Waals surface area (Å²) in [6, 6.07) is 0. The molecule has 1 rings (SSSR count). The number of aromatic nitrogens is 2. The Kier molecular flexibility index (Phi) is 6.00. The highest BCUT2D eigenvalue weighted by Crippen LogP contribution is 2.08. The summed E-state index contributed by atoms with van der Waals surface area (Å²) in [6.07, 6.45) is 8.57. The summed E-state index contributed by atoms with van der Waals surface area (Å²) in [5.74, 6) is 1.34. The first kappa shape index (κ1) is 12.2. The van der Waals surface area contributed by atoms with Gasteiger partial charge in [-0.1, -0.05) is 44.2 Å². The van der Waals surface area contributed by atoms with Crippen molar-refractivity contribution in [2.45, 2.75) is 58.4 Å². The second-order valence-electron chi connectivity index (χ2n) is 3.83. The minimum Gasteiger partial charge on any atom is -0.339 e. The Morgan fingerprint density at radius 1 is 1.13 bits per heavy atom. The Bertz CT molecular complexity index is 260.